The molecule has 3 heteroatoms. The Kier molecular flexibility index (Phi) is 3.56. The summed E-state index contributed by atoms with van der Waals surface area (Å²) in [5.41, 5.74) is 1.44. The van der Waals surface area contributed by atoms with Crippen LogP contribution in [0.1, 0.15) is 37.7 Å². The quantitative estimate of drug-likeness (QED) is 0.871. The first-order valence-corrected chi connectivity index (χ1v) is 7.34. The Morgan fingerprint density at radius 1 is 1.32 bits per heavy atom. The fraction of sp³-hybridized carbons (Fsp3) is 0.562. The molecule has 1 aromatic rings. The van der Waals surface area contributed by atoms with Crippen molar-refractivity contribution in [3.63, 3.8) is 0 Å². The van der Waals surface area contributed by atoms with E-state index in [1.165, 1.54) is 19.3 Å². The summed E-state index contributed by atoms with van der Waals surface area (Å²) in [4.78, 5) is 12.1. The minimum absolute atomic E-state index is 0.160. The average Bonchev–Trinajstić information content (AvgIpc) is 2.38. The highest BCUT2D eigenvalue weighted by molar-refractivity contribution is 5.78. The van der Waals surface area contributed by atoms with Crippen LogP contribution in [0.15, 0.2) is 30.3 Å². The van der Waals surface area contributed by atoms with E-state index >= 15 is 0 Å². The number of nitrogens with one attached hydrogen (secondary N) is 2. The summed E-state index contributed by atoms with van der Waals surface area (Å²) in [7, 11) is 0. The molecule has 2 N–H and O–H groups in total. The minimum atomic E-state index is 0.160. The second-order valence-electron chi connectivity index (χ2n) is 5.98. The van der Waals surface area contributed by atoms with Gasteiger partial charge >= 0.3 is 0 Å². The molecule has 1 unspecified atom stereocenters. The van der Waals surface area contributed by atoms with Crippen LogP contribution >= 0.6 is 0 Å². The van der Waals surface area contributed by atoms with E-state index in [4.69, 9.17) is 0 Å². The van der Waals surface area contributed by atoms with Gasteiger partial charge in [0.05, 0.1) is 6.42 Å². The fourth-order valence-electron chi connectivity index (χ4n) is 3.33. The van der Waals surface area contributed by atoms with Crippen molar-refractivity contribution in [2.24, 2.45) is 0 Å². The standard InChI is InChI=1S/C16H22N2O/c19-15(11-13-5-2-1-3-6-13)18-14-7-10-17-16(12-14)8-4-9-16/h1-3,5-6,14,17H,4,7-12H2,(H,18,19). The van der Waals surface area contributed by atoms with Gasteiger partial charge in [0.25, 0.3) is 0 Å². The SMILES string of the molecule is O=C(Cc1ccccc1)NC1CCNC2(CCC2)C1. The molecule has 1 aromatic carbocycles. The van der Waals surface area contributed by atoms with Gasteiger partial charge < -0.3 is 10.6 Å². The van der Waals surface area contributed by atoms with Crippen molar-refractivity contribution in [3.05, 3.63) is 35.9 Å². The van der Waals surface area contributed by atoms with Gasteiger partial charge in [-0.2, -0.15) is 0 Å². The van der Waals surface area contributed by atoms with Crippen LogP contribution in [0.3, 0.4) is 0 Å². The van der Waals surface area contributed by atoms with Gasteiger partial charge in [0.1, 0.15) is 0 Å². The number of carbonyl (C=O) groups is 1. The van der Waals surface area contributed by atoms with Crippen molar-refractivity contribution in [1.29, 1.82) is 0 Å². The Balaban J connectivity index is 1.52. The van der Waals surface area contributed by atoms with E-state index in [9.17, 15) is 4.79 Å². The van der Waals surface area contributed by atoms with Crippen molar-refractivity contribution in [2.75, 3.05) is 6.54 Å². The molecule has 1 saturated heterocycles. The normalized spacial score (nSPS) is 24.7. The van der Waals surface area contributed by atoms with Gasteiger partial charge in [-0.1, -0.05) is 30.3 Å². The molecule has 0 aromatic heterocycles. The molecule has 1 aliphatic heterocycles. The number of hydrogen-bond donors (Lipinski definition) is 2. The Morgan fingerprint density at radius 3 is 2.79 bits per heavy atom. The van der Waals surface area contributed by atoms with Gasteiger partial charge in [0, 0.05) is 11.6 Å². The molecule has 2 aliphatic rings. The summed E-state index contributed by atoms with van der Waals surface area (Å²) in [5.74, 6) is 0.160. The zero-order chi connectivity index (χ0) is 13.1. The molecule has 1 aliphatic carbocycles. The second-order valence-corrected chi connectivity index (χ2v) is 5.98. The maximum Gasteiger partial charge on any atom is 0.224 e. The molecule has 3 nitrogen and oxygen atoms in total. The third-order valence-corrected chi connectivity index (χ3v) is 4.51. The minimum Gasteiger partial charge on any atom is -0.353 e. The number of carbonyl (C=O) groups excluding carboxylic acids is 1. The molecular formula is C16H22N2O. The first-order valence-electron chi connectivity index (χ1n) is 7.34. The second kappa shape index (κ2) is 5.33. The van der Waals surface area contributed by atoms with E-state index < -0.39 is 0 Å². The molecule has 0 bridgehead atoms. The van der Waals surface area contributed by atoms with Gasteiger partial charge in [0.2, 0.25) is 5.91 Å². The largest absolute Gasteiger partial charge is 0.353 e. The zero-order valence-electron chi connectivity index (χ0n) is 11.3. The maximum atomic E-state index is 12.1. The lowest BCUT2D eigenvalue weighted by atomic mass is 9.70. The van der Waals surface area contributed by atoms with E-state index in [0.29, 0.717) is 18.0 Å². The van der Waals surface area contributed by atoms with Gasteiger partial charge in [-0.15, -0.1) is 0 Å². The Morgan fingerprint density at radius 2 is 2.11 bits per heavy atom. The number of amides is 1. The van der Waals surface area contributed by atoms with Crippen LogP contribution in [0.5, 0.6) is 0 Å². The van der Waals surface area contributed by atoms with Crippen LogP contribution in [0.2, 0.25) is 0 Å². The van der Waals surface area contributed by atoms with Crippen LogP contribution < -0.4 is 10.6 Å². The summed E-state index contributed by atoms with van der Waals surface area (Å²) in [5, 5.41) is 6.85. The predicted octanol–water partition coefficient (Wildman–Crippen LogP) is 2.02. The van der Waals surface area contributed by atoms with Crippen LogP contribution in [-0.2, 0) is 11.2 Å². The third-order valence-electron chi connectivity index (χ3n) is 4.51. The monoisotopic (exact) mass is 258 g/mol. The summed E-state index contributed by atoms with van der Waals surface area (Å²) in [6.07, 6.45) is 6.54. The van der Waals surface area contributed by atoms with E-state index in [1.54, 1.807) is 0 Å². The van der Waals surface area contributed by atoms with Crippen LogP contribution in [0.4, 0.5) is 0 Å². The van der Waals surface area contributed by atoms with Crippen LogP contribution in [0, 0.1) is 0 Å². The predicted molar refractivity (Wildman–Crippen MR) is 75.9 cm³/mol. The first-order chi connectivity index (χ1) is 9.26. The van der Waals surface area contributed by atoms with Gasteiger partial charge in [-0.05, 0) is 44.2 Å². The molecule has 102 valence electrons. The number of benzene rings is 1. The zero-order valence-corrected chi connectivity index (χ0v) is 11.3. The molecule has 0 radical (unpaired) electrons. The van der Waals surface area contributed by atoms with Crippen molar-refractivity contribution < 1.29 is 4.79 Å². The van der Waals surface area contributed by atoms with E-state index in [2.05, 4.69) is 10.6 Å². The number of rotatable bonds is 3. The summed E-state index contributed by atoms with van der Waals surface area (Å²) < 4.78 is 0. The van der Waals surface area contributed by atoms with Gasteiger partial charge in [-0.25, -0.2) is 0 Å². The Hall–Kier alpha value is -1.35. The van der Waals surface area contributed by atoms with E-state index in [0.717, 1.165) is 24.9 Å². The molecular weight excluding hydrogens is 236 g/mol. The highest BCUT2D eigenvalue weighted by Gasteiger charge is 2.41. The lowest BCUT2D eigenvalue weighted by Gasteiger charge is -2.48. The number of piperidine rings is 1. The Bertz CT molecular complexity index is 439. The van der Waals surface area contributed by atoms with E-state index in [-0.39, 0.29) is 5.91 Å². The van der Waals surface area contributed by atoms with Crippen molar-refractivity contribution in [2.45, 2.75) is 50.1 Å². The van der Waals surface area contributed by atoms with Gasteiger partial charge in [0.15, 0.2) is 0 Å². The summed E-state index contributed by atoms with van der Waals surface area (Å²) >= 11 is 0. The van der Waals surface area contributed by atoms with Crippen molar-refractivity contribution in [1.82, 2.24) is 10.6 Å². The Labute approximate surface area is 114 Å². The topological polar surface area (TPSA) is 41.1 Å². The lowest BCUT2D eigenvalue weighted by Crippen LogP contribution is -2.59. The lowest BCUT2D eigenvalue weighted by molar-refractivity contribution is -0.121. The third kappa shape index (κ3) is 2.98. The molecule has 3 rings (SSSR count). The maximum absolute atomic E-state index is 12.1. The molecule has 1 spiro atoms. The van der Waals surface area contributed by atoms with Crippen molar-refractivity contribution in [3.8, 4) is 0 Å². The molecule has 1 heterocycles. The smallest absolute Gasteiger partial charge is 0.224 e. The van der Waals surface area contributed by atoms with Crippen LogP contribution in [-0.4, -0.2) is 24.0 Å². The fourth-order valence-corrected chi connectivity index (χ4v) is 3.33. The summed E-state index contributed by atoms with van der Waals surface area (Å²) in [6, 6.07) is 10.3. The first kappa shape index (κ1) is 12.7. The van der Waals surface area contributed by atoms with Crippen molar-refractivity contribution >= 4 is 5.91 Å². The highest BCUT2D eigenvalue weighted by atomic mass is 16.1. The molecule has 19 heavy (non-hydrogen) atoms. The van der Waals surface area contributed by atoms with Gasteiger partial charge in [-0.3, -0.25) is 4.79 Å². The number of hydrogen-bond acceptors (Lipinski definition) is 2. The molecule has 2 fully saturated rings. The molecule has 1 amide bonds. The van der Waals surface area contributed by atoms with E-state index in [1.807, 2.05) is 30.3 Å². The highest BCUT2D eigenvalue weighted by Crippen LogP contribution is 2.38. The average molecular weight is 258 g/mol. The molecule has 1 saturated carbocycles. The summed E-state index contributed by atoms with van der Waals surface area (Å²) in [6.45, 7) is 1.04. The van der Waals surface area contributed by atoms with Crippen LogP contribution in [0.25, 0.3) is 0 Å². The molecule has 1 atom stereocenters.